The van der Waals surface area contributed by atoms with Gasteiger partial charge in [0.15, 0.2) is 11.6 Å². The number of benzene rings is 2. The van der Waals surface area contributed by atoms with E-state index in [2.05, 4.69) is 11.4 Å². The zero-order valence-electron chi connectivity index (χ0n) is 9.52. The van der Waals surface area contributed by atoms with Crippen molar-refractivity contribution in [3.63, 3.8) is 0 Å². The molecule has 18 heavy (non-hydrogen) atoms. The van der Waals surface area contributed by atoms with E-state index in [1.54, 1.807) is 18.2 Å². The van der Waals surface area contributed by atoms with Crippen LogP contribution in [-0.2, 0) is 6.54 Å². The van der Waals surface area contributed by atoms with Crippen molar-refractivity contribution in [2.45, 2.75) is 6.54 Å². The van der Waals surface area contributed by atoms with Gasteiger partial charge >= 0.3 is 0 Å². The topological polar surface area (TPSA) is 56.0 Å². The summed E-state index contributed by atoms with van der Waals surface area (Å²) in [5.41, 5.74) is 1.98. The third kappa shape index (κ3) is 2.58. The second kappa shape index (κ2) is 5.19. The van der Waals surface area contributed by atoms with Crippen molar-refractivity contribution in [3.8, 4) is 11.8 Å². The first-order valence-corrected chi connectivity index (χ1v) is 5.41. The standard InChI is InChI=1S/C14H11FN2O/c15-13-7-12(5-6-14(13)18)17-9-11-4-2-1-3-10(11)8-16/h1-7,17-18H,9H2. The Balaban J connectivity index is 2.12. The number of phenolic OH excluding ortho intramolecular Hbond substituents is 1. The minimum absolute atomic E-state index is 0.377. The van der Waals surface area contributed by atoms with Crippen LogP contribution in [0.15, 0.2) is 42.5 Å². The smallest absolute Gasteiger partial charge is 0.166 e. The van der Waals surface area contributed by atoms with Crippen molar-refractivity contribution in [3.05, 3.63) is 59.4 Å². The fourth-order valence-corrected chi connectivity index (χ4v) is 1.60. The van der Waals surface area contributed by atoms with Crippen LogP contribution >= 0.6 is 0 Å². The maximum atomic E-state index is 13.1. The lowest BCUT2D eigenvalue weighted by Gasteiger charge is -2.08. The lowest BCUT2D eigenvalue weighted by atomic mass is 10.1. The predicted molar refractivity (Wildman–Crippen MR) is 66.5 cm³/mol. The summed E-state index contributed by atoms with van der Waals surface area (Å²) in [7, 11) is 0. The predicted octanol–water partition coefficient (Wildman–Crippen LogP) is 3.02. The van der Waals surface area contributed by atoms with Crippen LogP contribution in [0.3, 0.4) is 0 Å². The molecule has 0 bridgehead atoms. The van der Waals surface area contributed by atoms with Crippen molar-refractivity contribution >= 4 is 5.69 Å². The highest BCUT2D eigenvalue weighted by Crippen LogP contribution is 2.20. The Morgan fingerprint density at radius 2 is 2.00 bits per heavy atom. The largest absolute Gasteiger partial charge is 0.505 e. The minimum Gasteiger partial charge on any atom is -0.505 e. The van der Waals surface area contributed by atoms with Gasteiger partial charge in [-0.25, -0.2) is 4.39 Å². The van der Waals surface area contributed by atoms with Gasteiger partial charge in [0, 0.05) is 18.3 Å². The number of halogens is 1. The van der Waals surface area contributed by atoms with Crippen molar-refractivity contribution in [2.24, 2.45) is 0 Å². The SMILES string of the molecule is N#Cc1ccccc1CNc1ccc(O)c(F)c1. The quantitative estimate of drug-likeness (QED) is 0.813. The second-order valence-corrected chi connectivity index (χ2v) is 3.79. The molecular weight excluding hydrogens is 231 g/mol. The number of hydrogen-bond donors (Lipinski definition) is 2. The first-order chi connectivity index (χ1) is 8.70. The molecule has 4 heteroatoms. The zero-order chi connectivity index (χ0) is 13.0. The second-order valence-electron chi connectivity index (χ2n) is 3.79. The monoisotopic (exact) mass is 242 g/mol. The number of aromatic hydroxyl groups is 1. The Morgan fingerprint density at radius 3 is 2.72 bits per heavy atom. The molecule has 0 aliphatic rings. The van der Waals surface area contributed by atoms with E-state index in [4.69, 9.17) is 10.4 Å². The first kappa shape index (κ1) is 11.9. The van der Waals surface area contributed by atoms with Crippen LogP contribution in [0.2, 0.25) is 0 Å². The minimum atomic E-state index is -0.673. The molecule has 0 radical (unpaired) electrons. The summed E-state index contributed by atoms with van der Waals surface area (Å²) in [5.74, 6) is -1.05. The summed E-state index contributed by atoms with van der Waals surface area (Å²) in [6.45, 7) is 0.425. The average molecular weight is 242 g/mol. The molecule has 2 N–H and O–H groups in total. The van der Waals surface area contributed by atoms with E-state index < -0.39 is 5.82 Å². The summed E-state index contributed by atoms with van der Waals surface area (Å²) in [4.78, 5) is 0. The van der Waals surface area contributed by atoms with E-state index >= 15 is 0 Å². The van der Waals surface area contributed by atoms with Gasteiger partial charge in [0.05, 0.1) is 11.6 Å². The number of hydrogen-bond acceptors (Lipinski definition) is 3. The van der Waals surface area contributed by atoms with Crippen molar-refractivity contribution in [1.82, 2.24) is 0 Å². The fraction of sp³-hybridized carbons (Fsp3) is 0.0714. The average Bonchev–Trinajstić information content (AvgIpc) is 2.40. The molecule has 0 unspecified atom stereocenters. The van der Waals surface area contributed by atoms with Gasteiger partial charge in [-0.05, 0) is 23.8 Å². The molecule has 0 saturated heterocycles. The van der Waals surface area contributed by atoms with Crippen LogP contribution in [0.4, 0.5) is 10.1 Å². The van der Waals surface area contributed by atoms with Crippen LogP contribution in [-0.4, -0.2) is 5.11 Å². The molecule has 0 atom stereocenters. The van der Waals surface area contributed by atoms with E-state index in [9.17, 15) is 4.39 Å². The van der Waals surface area contributed by atoms with E-state index in [0.29, 0.717) is 17.8 Å². The fourth-order valence-electron chi connectivity index (χ4n) is 1.60. The normalized spacial score (nSPS) is 9.78. The Hall–Kier alpha value is -2.54. The molecule has 2 aromatic carbocycles. The van der Waals surface area contributed by atoms with Gasteiger partial charge in [0.25, 0.3) is 0 Å². The van der Waals surface area contributed by atoms with Gasteiger partial charge in [-0.15, -0.1) is 0 Å². The van der Waals surface area contributed by atoms with Crippen LogP contribution < -0.4 is 5.32 Å². The van der Waals surface area contributed by atoms with Gasteiger partial charge in [0.2, 0.25) is 0 Å². The van der Waals surface area contributed by atoms with Gasteiger partial charge in [-0.3, -0.25) is 0 Å². The Kier molecular flexibility index (Phi) is 3.44. The summed E-state index contributed by atoms with van der Waals surface area (Å²) < 4.78 is 13.1. The van der Waals surface area contributed by atoms with Crippen LogP contribution in [0.25, 0.3) is 0 Å². The molecule has 0 aromatic heterocycles. The Labute approximate surface area is 104 Å². The third-order valence-electron chi connectivity index (χ3n) is 2.57. The lowest BCUT2D eigenvalue weighted by molar-refractivity contribution is 0.432. The number of nitrogens with one attached hydrogen (secondary N) is 1. The summed E-state index contributed by atoms with van der Waals surface area (Å²) >= 11 is 0. The molecule has 2 aromatic rings. The van der Waals surface area contributed by atoms with E-state index in [1.807, 2.05) is 12.1 Å². The van der Waals surface area contributed by atoms with Crippen molar-refractivity contribution < 1.29 is 9.50 Å². The lowest BCUT2D eigenvalue weighted by Crippen LogP contribution is -2.01. The highest BCUT2D eigenvalue weighted by Gasteiger charge is 2.03. The number of phenols is 1. The molecular formula is C14H11FN2O. The molecule has 0 amide bonds. The molecule has 0 aliphatic carbocycles. The highest BCUT2D eigenvalue weighted by molar-refractivity contribution is 5.48. The molecule has 0 saturated carbocycles. The third-order valence-corrected chi connectivity index (χ3v) is 2.57. The molecule has 0 aliphatic heterocycles. The molecule has 2 rings (SSSR count). The zero-order valence-corrected chi connectivity index (χ0v) is 9.52. The first-order valence-electron chi connectivity index (χ1n) is 5.41. The molecule has 0 heterocycles. The van der Waals surface area contributed by atoms with Crippen LogP contribution in [0.1, 0.15) is 11.1 Å². The van der Waals surface area contributed by atoms with Crippen LogP contribution in [0, 0.1) is 17.1 Å². The highest BCUT2D eigenvalue weighted by atomic mass is 19.1. The van der Waals surface area contributed by atoms with Gasteiger partial charge < -0.3 is 10.4 Å². The molecule has 0 spiro atoms. The van der Waals surface area contributed by atoms with Crippen molar-refractivity contribution in [1.29, 1.82) is 5.26 Å². The van der Waals surface area contributed by atoms with Gasteiger partial charge in [-0.1, -0.05) is 18.2 Å². The Morgan fingerprint density at radius 1 is 1.22 bits per heavy atom. The maximum Gasteiger partial charge on any atom is 0.166 e. The summed E-state index contributed by atoms with van der Waals surface area (Å²) in [6, 6.07) is 13.4. The van der Waals surface area contributed by atoms with Gasteiger partial charge in [-0.2, -0.15) is 5.26 Å². The summed E-state index contributed by atoms with van der Waals surface area (Å²) in [5, 5.41) is 21.0. The van der Waals surface area contributed by atoms with E-state index in [-0.39, 0.29) is 5.75 Å². The molecule has 3 nitrogen and oxygen atoms in total. The van der Waals surface area contributed by atoms with E-state index in [0.717, 1.165) is 5.56 Å². The number of nitrogens with zero attached hydrogens (tertiary/aromatic N) is 1. The number of anilines is 1. The Bertz CT molecular complexity index is 605. The van der Waals surface area contributed by atoms with Crippen molar-refractivity contribution in [2.75, 3.05) is 5.32 Å². The van der Waals surface area contributed by atoms with E-state index in [1.165, 1.54) is 12.1 Å². The van der Waals surface area contributed by atoms with Crippen LogP contribution in [0.5, 0.6) is 5.75 Å². The number of nitriles is 1. The molecule has 0 fully saturated rings. The van der Waals surface area contributed by atoms with Gasteiger partial charge in [0.1, 0.15) is 0 Å². The number of rotatable bonds is 3. The maximum absolute atomic E-state index is 13.1. The summed E-state index contributed by atoms with van der Waals surface area (Å²) in [6.07, 6.45) is 0. The molecule has 90 valence electrons.